The first-order chi connectivity index (χ1) is 6.24. The maximum atomic E-state index is 5.23. The van der Waals surface area contributed by atoms with Crippen LogP contribution in [0.15, 0.2) is 12.3 Å². The standard InChI is InChI=1S/C9H11N3O/c1-6-8-7(13-3)4-5-10-9(8)12(2)11-6/h4-5H,1-3H3. The zero-order valence-electron chi connectivity index (χ0n) is 7.90. The third kappa shape index (κ3) is 1.06. The van der Waals surface area contributed by atoms with Crippen LogP contribution in [-0.2, 0) is 7.05 Å². The molecule has 2 aromatic heterocycles. The molecule has 0 radical (unpaired) electrons. The second-order valence-electron chi connectivity index (χ2n) is 2.92. The van der Waals surface area contributed by atoms with Crippen LogP contribution in [0, 0.1) is 6.92 Å². The number of rotatable bonds is 1. The Bertz CT molecular complexity index is 447. The lowest BCUT2D eigenvalue weighted by Gasteiger charge is -2.00. The summed E-state index contributed by atoms with van der Waals surface area (Å²) in [5, 5.41) is 5.27. The molecule has 0 aliphatic rings. The lowest BCUT2D eigenvalue weighted by Crippen LogP contribution is -1.91. The van der Waals surface area contributed by atoms with Crippen molar-refractivity contribution in [3.05, 3.63) is 18.0 Å². The molecule has 0 bridgehead atoms. The van der Waals surface area contributed by atoms with Crippen LogP contribution in [0.3, 0.4) is 0 Å². The number of ether oxygens (including phenoxy) is 1. The molecule has 2 aromatic rings. The molecule has 0 saturated carbocycles. The van der Waals surface area contributed by atoms with Gasteiger partial charge in [0.1, 0.15) is 5.75 Å². The second-order valence-corrected chi connectivity index (χ2v) is 2.92. The number of aryl methyl sites for hydroxylation is 2. The number of hydrogen-bond donors (Lipinski definition) is 0. The summed E-state index contributed by atoms with van der Waals surface area (Å²) in [5.74, 6) is 0.829. The Hall–Kier alpha value is -1.58. The van der Waals surface area contributed by atoms with E-state index in [1.807, 2.05) is 20.0 Å². The van der Waals surface area contributed by atoms with E-state index in [1.54, 1.807) is 18.0 Å². The van der Waals surface area contributed by atoms with Gasteiger partial charge in [0, 0.05) is 13.2 Å². The molecule has 0 aliphatic carbocycles. The third-order valence-corrected chi connectivity index (χ3v) is 2.08. The number of nitrogens with zero attached hydrogens (tertiary/aromatic N) is 3. The molecule has 0 saturated heterocycles. The van der Waals surface area contributed by atoms with Gasteiger partial charge in [-0.05, 0) is 13.0 Å². The van der Waals surface area contributed by atoms with Gasteiger partial charge >= 0.3 is 0 Å². The minimum atomic E-state index is 0.829. The van der Waals surface area contributed by atoms with Crippen LogP contribution in [0.5, 0.6) is 5.75 Å². The van der Waals surface area contributed by atoms with E-state index < -0.39 is 0 Å². The summed E-state index contributed by atoms with van der Waals surface area (Å²) < 4.78 is 6.99. The number of hydrogen-bond acceptors (Lipinski definition) is 3. The average molecular weight is 177 g/mol. The maximum Gasteiger partial charge on any atom is 0.161 e. The fourth-order valence-corrected chi connectivity index (χ4v) is 1.51. The van der Waals surface area contributed by atoms with Crippen molar-refractivity contribution >= 4 is 11.0 Å². The van der Waals surface area contributed by atoms with E-state index in [2.05, 4.69) is 10.1 Å². The first-order valence-electron chi connectivity index (χ1n) is 4.06. The highest BCUT2D eigenvalue weighted by atomic mass is 16.5. The Morgan fingerprint density at radius 1 is 1.46 bits per heavy atom. The van der Waals surface area contributed by atoms with Crippen molar-refractivity contribution in [1.29, 1.82) is 0 Å². The van der Waals surface area contributed by atoms with Crippen molar-refractivity contribution in [1.82, 2.24) is 14.8 Å². The molecule has 68 valence electrons. The van der Waals surface area contributed by atoms with Crippen LogP contribution < -0.4 is 4.74 Å². The van der Waals surface area contributed by atoms with Gasteiger partial charge in [0.25, 0.3) is 0 Å². The predicted octanol–water partition coefficient (Wildman–Crippen LogP) is 1.29. The summed E-state index contributed by atoms with van der Waals surface area (Å²) >= 11 is 0. The number of aromatic nitrogens is 3. The fourth-order valence-electron chi connectivity index (χ4n) is 1.51. The Labute approximate surface area is 76.1 Å². The van der Waals surface area contributed by atoms with E-state index in [9.17, 15) is 0 Å². The highest BCUT2D eigenvalue weighted by molar-refractivity contribution is 5.84. The molecule has 0 atom stereocenters. The van der Waals surface area contributed by atoms with Crippen LogP contribution in [0.4, 0.5) is 0 Å². The molecule has 4 nitrogen and oxygen atoms in total. The summed E-state index contributed by atoms with van der Waals surface area (Å²) in [6.07, 6.45) is 1.72. The summed E-state index contributed by atoms with van der Waals surface area (Å²) in [6, 6.07) is 1.84. The maximum absolute atomic E-state index is 5.23. The second kappa shape index (κ2) is 2.73. The lowest BCUT2D eigenvalue weighted by molar-refractivity contribution is 0.419. The van der Waals surface area contributed by atoms with Gasteiger partial charge in [-0.2, -0.15) is 5.10 Å². The van der Waals surface area contributed by atoms with Crippen molar-refractivity contribution in [2.24, 2.45) is 7.05 Å². The van der Waals surface area contributed by atoms with Gasteiger partial charge in [-0.15, -0.1) is 0 Å². The van der Waals surface area contributed by atoms with E-state index in [0.29, 0.717) is 0 Å². The minimum absolute atomic E-state index is 0.829. The number of methoxy groups -OCH3 is 1. The van der Waals surface area contributed by atoms with Crippen LogP contribution in [0.2, 0.25) is 0 Å². The molecule has 2 heterocycles. The Morgan fingerprint density at radius 2 is 2.23 bits per heavy atom. The molecule has 0 N–H and O–H groups in total. The van der Waals surface area contributed by atoms with E-state index in [1.165, 1.54) is 0 Å². The zero-order valence-corrected chi connectivity index (χ0v) is 7.90. The van der Waals surface area contributed by atoms with Gasteiger partial charge in [-0.25, -0.2) is 4.98 Å². The summed E-state index contributed by atoms with van der Waals surface area (Å²) in [7, 11) is 3.53. The van der Waals surface area contributed by atoms with Crippen molar-refractivity contribution in [2.45, 2.75) is 6.92 Å². The van der Waals surface area contributed by atoms with Crippen molar-refractivity contribution in [3.63, 3.8) is 0 Å². The lowest BCUT2D eigenvalue weighted by atomic mass is 10.2. The number of pyridine rings is 1. The van der Waals surface area contributed by atoms with Gasteiger partial charge in [-0.1, -0.05) is 0 Å². The smallest absolute Gasteiger partial charge is 0.161 e. The van der Waals surface area contributed by atoms with Gasteiger partial charge in [0.15, 0.2) is 5.65 Å². The van der Waals surface area contributed by atoms with Crippen LogP contribution >= 0.6 is 0 Å². The molecule has 0 fully saturated rings. The monoisotopic (exact) mass is 177 g/mol. The molecule has 2 rings (SSSR count). The Balaban J connectivity index is 2.88. The van der Waals surface area contributed by atoms with Crippen molar-refractivity contribution in [3.8, 4) is 5.75 Å². The summed E-state index contributed by atoms with van der Waals surface area (Å²) in [6.45, 7) is 1.95. The molecular weight excluding hydrogens is 166 g/mol. The van der Waals surface area contributed by atoms with Crippen LogP contribution in [0.25, 0.3) is 11.0 Å². The molecule has 0 aromatic carbocycles. The van der Waals surface area contributed by atoms with E-state index in [-0.39, 0.29) is 0 Å². The Morgan fingerprint density at radius 3 is 2.92 bits per heavy atom. The van der Waals surface area contributed by atoms with Gasteiger partial charge in [0.05, 0.1) is 18.2 Å². The van der Waals surface area contributed by atoms with E-state index in [4.69, 9.17) is 4.74 Å². The molecule has 0 amide bonds. The third-order valence-electron chi connectivity index (χ3n) is 2.08. The minimum Gasteiger partial charge on any atom is -0.496 e. The van der Waals surface area contributed by atoms with Crippen molar-refractivity contribution < 1.29 is 4.74 Å². The molecule has 0 spiro atoms. The highest BCUT2D eigenvalue weighted by Crippen LogP contribution is 2.25. The van der Waals surface area contributed by atoms with E-state index in [0.717, 1.165) is 22.5 Å². The van der Waals surface area contributed by atoms with Gasteiger partial charge in [0.2, 0.25) is 0 Å². The SMILES string of the molecule is COc1ccnc2c1c(C)nn2C. The first-order valence-corrected chi connectivity index (χ1v) is 4.06. The summed E-state index contributed by atoms with van der Waals surface area (Å²) in [4.78, 5) is 4.23. The Kier molecular flexibility index (Phi) is 1.69. The summed E-state index contributed by atoms with van der Waals surface area (Å²) in [5.41, 5.74) is 1.80. The molecule has 0 unspecified atom stereocenters. The topological polar surface area (TPSA) is 39.9 Å². The molecule has 4 heteroatoms. The van der Waals surface area contributed by atoms with Crippen LogP contribution in [0.1, 0.15) is 5.69 Å². The zero-order chi connectivity index (χ0) is 9.42. The fraction of sp³-hybridized carbons (Fsp3) is 0.333. The predicted molar refractivity (Wildman–Crippen MR) is 49.8 cm³/mol. The van der Waals surface area contributed by atoms with E-state index >= 15 is 0 Å². The van der Waals surface area contributed by atoms with Crippen LogP contribution in [-0.4, -0.2) is 21.9 Å². The highest BCUT2D eigenvalue weighted by Gasteiger charge is 2.10. The number of fused-ring (bicyclic) bond motifs is 1. The first kappa shape index (κ1) is 8.04. The largest absolute Gasteiger partial charge is 0.496 e. The van der Waals surface area contributed by atoms with Crippen molar-refractivity contribution in [2.75, 3.05) is 7.11 Å². The van der Waals surface area contributed by atoms with Gasteiger partial charge < -0.3 is 4.74 Å². The quantitative estimate of drug-likeness (QED) is 0.658. The molecule has 13 heavy (non-hydrogen) atoms. The molecule has 0 aliphatic heterocycles. The molecular formula is C9H11N3O. The van der Waals surface area contributed by atoms with Gasteiger partial charge in [-0.3, -0.25) is 4.68 Å². The normalized spacial score (nSPS) is 10.7. The average Bonchev–Trinajstić information content (AvgIpc) is 2.43.